The molecular formula is C31H25N7O. The van der Waals surface area contributed by atoms with Gasteiger partial charge in [-0.15, -0.1) is 0 Å². The van der Waals surface area contributed by atoms with Crippen LogP contribution in [0.25, 0.3) is 38.5 Å². The first-order valence-corrected chi connectivity index (χ1v) is 12.4. The Morgan fingerprint density at radius 1 is 0.872 bits per heavy atom. The molecule has 3 heterocycles. The molecule has 0 saturated carbocycles. The summed E-state index contributed by atoms with van der Waals surface area (Å²) in [7, 11) is 0. The van der Waals surface area contributed by atoms with Crippen LogP contribution in [0.15, 0.2) is 102 Å². The number of fused-ring (bicyclic) bond motifs is 2. The van der Waals surface area contributed by atoms with Crippen molar-refractivity contribution >= 4 is 33.4 Å². The van der Waals surface area contributed by atoms with Gasteiger partial charge >= 0.3 is 0 Å². The molecule has 3 aromatic heterocycles. The molecule has 0 saturated heterocycles. The number of nitrogens with zero attached hydrogens (tertiary/aromatic N) is 5. The number of aromatic nitrogens is 4. The molecule has 8 heteroatoms. The fraction of sp³-hybridized carbons (Fsp3) is 0.0645. The van der Waals surface area contributed by atoms with Crippen LogP contribution in [0.4, 0.5) is 11.8 Å². The van der Waals surface area contributed by atoms with Crippen LogP contribution >= 0.6 is 0 Å². The summed E-state index contributed by atoms with van der Waals surface area (Å²) in [5.41, 5.74) is 15.4. The Bertz CT molecular complexity index is 1910. The Labute approximate surface area is 224 Å². The molecule has 0 aliphatic rings. The van der Waals surface area contributed by atoms with Gasteiger partial charge in [-0.25, -0.2) is 4.98 Å². The van der Waals surface area contributed by atoms with Crippen LogP contribution in [0, 0.1) is 11.3 Å². The minimum atomic E-state index is 0.00862. The highest BCUT2D eigenvalue weighted by Crippen LogP contribution is 2.29. The summed E-state index contributed by atoms with van der Waals surface area (Å²) >= 11 is 0. The highest BCUT2D eigenvalue weighted by Gasteiger charge is 2.14. The van der Waals surface area contributed by atoms with Crippen LogP contribution in [0.3, 0.4) is 0 Å². The van der Waals surface area contributed by atoms with Crippen LogP contribution in [-0.2, 0) is 6.42 Å². The van der Waals surface area contributed by atoms with Gasteiger partial charge in [0.2, 0.25) is 5.95 Å². The predicted molar refractivity (Wildman–Crippen MR) is 155 cm³/mol. The van der Waals surface area contributed by atoms with E-state index in [0.29, 0.717) is 0 Å². The largest absolute Gasteiger partial charge is 0.382 e. The van der Waals surface area contributed by atoms with E-state index in [1.807, 2.05) is 83.6 Å². The molecule has 0 aliphatic heterocycles. The molecular weight excluding hydrogens is 486 g/mol. The van der Waals surface area contributed by atoms with Gasteiger partial charge in [-0.05, 0) is 47.7 Å². The molecule has 8 nitrogen and oxygen atoms in total. The molecule has 190 valence electrons. The molecule has 0 aliphatic carbocycles. The fourth-order valence-electron chi connectivity index (χ4n) is 4.49. The van der Waals surface area contributed by atoms with Gasteiger partial charge in [-0.3, -0.25) is 14.3 Å². The van der Waals surface area contributed by atoms with Gasteiger partial charge in [-0.1, -0.05) is 61.5 Å². The van der Waals surface area contributed by atoms with Gasteiger partial charge in [0.15, 0.2) is 0 Å². The summed E-state index contributed by atoms with van der Waals surface area (Å²) in [4.78, 5) is 25.4. The molecule has 4 N–H and O–H groups in total. The first-order valence-electron chi connectivity index (χ1n) is 12.4. The smallest absolute Gasteiger partial charge is 0.263 e. The highest BCUT2D eigenvalue weighted by molar-refractivity contribution is 5.98. The normalized spacial score (nSPS) is 10.6. The van der Waals surface area contributed by atoms with Crippen molar-refractivity contribution in [3.63, 3.8) is 0 Å². The highest BCUT2D eigenvalue weighted by atomic mass is 16.1. The number of pyridine rings is 2. The monoisotopic (exact) mass is 511 g/mol. The average Bonchev–Trinajstić information content (AvgIpc) is 2.97. The maximum atomic E-state index is 13.7. The molecule has 0 spiro atoms. The summed E-state index contributed by atoms with van der Waals surface area (Å²) in [6.45, 7) is 2.08. The van der Waals surface area contributed by atoms with Crippen molar-refractivity contribution in [2.24, 2.45) is 0 Å². The molecule has 3 aromatic carbocycles. The van der Waals surface area contributed by atoms with Crippen LogP contribution in [0.1, 0.15) is 18.2 Å². The van der Waals surface area contributed by atoms with Crippen LogP contribution in [-0.4, -0.2) is 19.5 Å². The fourth-order valence-corrected chi connectivity index (χ4v) is 4.49. The molecule has 6 rings (SSSR count). The predicted octanol–water partition coefficient (Wildman–Crippen LogP) is 5.28. The summed E-state index contributed by atoms with van der Waals surface area (Å²) < 4.78 is 1.83. The van der Waals surface area contributed by atoms with E-state index in [1.54, 1.807) is 0 Å². The Balaban J connectivity index is 0.000000261. The summed E-state index contributed by atoms with van der Waals surface area (Å²) in [6.07, 6.45) is 3.93. The Kier molecular flexibility index (Phi) is 6.97. The van der Waals surface area contributed by atoms with Crippen LogP contribution < -0.4 is 17.0 Å². The lowest BCUT2D eigenvalue weighted by atomic mass is 9.98. The van der Waals surface area contributed by atoms with E-state index in [-0.39, 0.29) is 22.9 Å². The SMILES string of the molecule is CCc1cc2cccc(-c3cnc4ccccc4c3)c2c(=O)n1-c1ccccc1.N#Cc1cnc(N)nc1N. The van der Waals surface area contributed by atoms with Gasteiger partial charge in [0, 0.05) is 28.5 Å². The molecule has 0 amide bonds. The van der Waals surface area contributed by atoms with Crippen molar-refractivity contribution in [2.45, 2.75) is 13.3 Å². The Hall–Kier alpha value is -5.55. The topological polar surface area (TPSA) is 136 Å². The maximum Gasteiger partial charge on any atom is 0.263 e. The zero-order chi connectivity index (χ0) is 27.4. The standard InChI is InChI=1S/C26H20N2O.C5H5N5/c1-2-21-16-19-10-8-13-23(20-15-18-9-6-7-14-24(18)27-17-20)25(19)26(29)28(21)22-11-4-3-5-12-22;6-1-3-2-9-5(8)10-4(3)7/h3-17H,2H2,1H3;2H,(H4,7,8,9,10). The van der Waals surface area contributed by atoms with Crippen molar-refractivity contribution in [3.8, 4) is 22.9 Å². The second kappa shape index (κ2) is 10.8. The van der Waals surface area contributed by atoms with E-state index >= 15 is 0 Å². The lowest BCUT2D eigenvalue weighted by Crippen LogP contribution is -2.22. The van der Waals surface area contributed by atoms with E-state index in [9.17, 15) is 4.79 Å². The number of hydrogen-bond donors (Lipinski definition) is 2. The first kappa shape index (κ1) is 25.1. The van der Waals surface area contributed by atoms with Gasteiger partial charge in [0.1, 0.15) is 17.5 Å². The molecule has 0 bridgehead atoms. The van der Waals surface area contributed by atoms with Crippen molar-refractivity contribution < 1.29 is 0 Å². The van der Waals surface area contributed by atoms with Crippen molar-refractivity contribution in [3.05, 3.63) is 119 Å². The third kappa shape index (κ3) is 5.02. The van der Waals surface area contributed by atoms with Crippen molar-refractivity contribution in [1.29, 1.82) is 5.26 Å². The van der Waals surface area contributed by atoms with Crippen LogP contribution in [0.2, 0.25) is 0 Å². The molecule has 39 heavy (non-hydrogen) atoms. The second-order valence-electron chi connectivity index (χ2n) is 8.79. The lowest BCUT2D eigenvalue weighted by molar-refractivity contribution is 0.889. The Morgan fingerprint density at radius 2 is 1.62 bits per heavy atom. The number of aryl methyl sites for hydroxylation is 1. The maximum absolute atomic E-state index is 13.7. The number of nitriles is 1. The average molecular weight is 512 g/mol. The number of hydrogen-bond acceptors (Lipinski definition) is 7. The number of nitrogen functional groups attached to an aromatic ring is 2. The summed E-state index contributed by atoms with van der Waals surface area (Å²) in [5, 5.41) is 11.1. The second-order valence-corrected chi connectivity index (χ2v) is 8.79. The third-order valence-electron chi connectivity index (χ3n) is 6.36. The third-order valence-corrected chi connectivity index (χ3v) is 6.36. The zero-order valence-corrected chi connectivity index (χ0v) is 21.2. The minimum absolute atomic E-state index is 0.00862. The number of benzene rings is 3. The van der Waals surface area contributed by atoms with Crippen molar-refractivity contribution in [2.75, 3.05) is 11.5 Å². The molecule has 0 radical (unpaired) electrons. The quantitative estimate of drug-likeness (QED) is 0.330. The zero-order valence-electron chi connectivity index (χ0n) is 21.2. The van der Waals surface area contributed by atoms with E-state index in [0.717, 1.165) is 50.6 Å². The molecule has 0 fully saturated rings. The van der Waals surface area contributed by atoms with Crippen LogP contribution in [0.5, 0.6) is 0 Å². The number of nitrogens with two attached hydrogens (primary N) is 2. The summed E-state index contributed by atoms with van der Waals surface area (Å²) in [5.74, 6) is 0.200. The van der Waals surface area contributed by atoms with E-state index in [1.165, 1.54) is 6.20 Å². The van der Waals surface area contributed by atoms with E-state index < -0.39 is 0 Å². The molecule has 0 unspecified atom stereocenters. The van der Waals surface area contributed by atoms with Gasteiger partial charge in [0.25, 0.3) is 5.56 Å². The first-order chi connectivity index (χ1) is 19.0. The van der Waals surface area contributed by atoms with Gasteiger partial charge in [0.05, 0.1) is 17.1 Å². The summed E-state index contributed by atoms with van der Waals surface area (Å²) in [6, 6.07) is 30.0. The minimum Gasteiger partial charge on any atom is -0.382 e. The lowest BCUT2D eigenvalue weighted by Gasteiger charge is -2.15. The van der Waals surface area contributed by atoms with Crippen molar-refractivity contribution in [1.82, 2.24) is 19.5 Å². The van der Waals surface area contributed by atoms with Gasteiger partial charge in [-0.2, -0.15) is 10.2 Å². The number of anilines is 2. The number of para-hydroxylation sites is 2. The van der Waals surface area contributed by atoms with Gasteiger partial charge < -0.3 is 11.5 Å². The molecule has 6 aromatic rings. The molecule has 0 atom stereocenters. The Morgan fingerprint density at radius 3 is 2.36 bits per heavy atom. The van der Waals surface area contributed by atoms with E-state index in [2.05, 4.69) is 40.1 Å². The van der Waals surface area contributed by atoms with E-state index in [4.69, 9.17) is 16.7 Å². The number of rotatable bonds is 3.